The van der Waals surface area contributed by atoms with Gasteiger partial charge in [0.2, 0.25) is 5.95 Å². The first-order chi connectivity index (χ1) is 8.65. The minimum atomic E-state index is 0.268. The molecule has 1 aromatic heterocycles. The van der Waals surface area contributed by atoms with Crippen molar-refractivity contribution in [3.8, 4) is 0 Å². The number of aromatic nitrogens is 2. The molecule has 0 spiro atoms. The van der Waals surface area contributed by atoms with E-state index in [4.69, 9.17) is 18.0 Å². The van der Waals surface area contributed by atoms with Gasteiger partial charge < -0.3 is 11.1 Å². The fourth-order valence-electron chi connectivity index (χ4n) is 1.36. The van der Waals surface area contributed by atoms with Crippen LogP contribution in [0.25, 0.3) is 0 Å². The van der Waals surface area contributed by atoms with Crippen LogP contribution in [0.5, 0.6) is 0 Å². The first-order valence-corrected chi connectivity index (χ1v) is 6.46. The van der Waals surface area contributed by atoms with Crippen molar-refractivity contribution >= 4 is 39.1 Å². The number of hydrogen-bond acceptors (Lipinski definition) is 4. The number of benzene rings is 1. The second-order valence-corrected chi connectivity index (χ2v) is 4.97. The lowest BCUT2D eigenvalue weighted by molar-refractivity contribution is 1.05. The van der Waals surface area contributed by atoms with Crippen LogP contribution in [-0.2, 0) is 6.54 Å². The molecule has 0 aliphatic carbocycles. The second kappa shape index (κ2) is 5.88. The highest BCUT2D eigenvalue weighted by Gasteiger charge is 2.01. The number of halogens is 1. The molecule has 0 amide bonds. The van der Waals surface area contributed by atoms with Gasteiger partial charge in [0.05, 0.1) is 0 Å². The monoisotopic (exact) mass is 322 g/mol. The molecule has 1 aromatic carbocycles. The van der Waals surface area contributed by atoms with Crippen LogP contribution in [-0.4, -0.2) is 15.0 Å². The molecule has 0 unspecified atom stereocenters. The molecular weight excluding hydrogens is 312 g/mol. The zero-order chi connectivity index (χ0) is 13.0. The minimum absolute atomic E-state index is 0.268. The maximum atomic E-state index is 5.51. The molecule has 1 heterocycles. The molecule has 0 fully saturated rings. The van der Waals surface area contributed by atoms with Crippen LogP contribution in [0.1, 0.15) is 11.3 Å². The Kier molecular flexibility index (Phi) is 4.22. The SMILES string of the molecule is NC(=S)c1ccnc(NCc2ccc(Br)cc2)n1. The maximum absolute atomic E-state index is 5.51. The smallest absolute Gasteiger partial charge is 0.223 e. The normalized spacial score (nSPS) is 10.1. The van der Waals surface area contributed by atoms with Gasteiger partial charge in [-0.2, -0.15) is 0 Å². The van der Waals surface area contributed by atoms with Gasteiger partial charge >= 0.3 is 0 Å². The van der Waals surface area contributed by atoms with Crippen LogP contribution in [0.3, 0.4) is 0 Å². The van der Waals surface area contributed by atoms with Crippen LogP contribution in [0, 0.1) is 0 Å². The summed E-state index contributed by atoms with van der Waals surface area (Å²) in [5.74, 6) is 0.517. The molecule has 0 radical (unpaired) electrons. The minimum Gasteiger partial charge on any atom is -0.388 e. The molecule has 0 aliphatic heterocycles. The summed E-state index contributed by atoms with van der Waals surface area (Å²) in [4.78, 5) is 8.58. The molecule has 3 N–H and O–H groups in total. The first-order valence-electron chi connectivity index (χ1n) is 5.26. The van der Waals surface area contributed by atoms with E-state index >= 15 is 0 Å². The Hall–Kier alpha value is -1.53. The van der Waals surface area contributed by atoms with Crippen LogP contribution in [0.15, 0.2) is 41.0 Å². The van der Waals surface area contributed by atoms with Crippen molar-refractivity contribution in [1.82, 2.24) is 9.97 Å². The largest absolute Gasteiger partial charge is 0.388 e. The molecule has 18 heavy (non-hydrogen) atoms. The molecule has 6 heteroatoms. The Balaban J connectivity index is 2.04. The summed E-state index contributed by atoms with van der Waals surface area (Å²) < 4.78 is 1.05. The first kappa shape index (κ1) is 12.9. The third-order valence-corrected chi connectivity index (χ3v) is 3.01. The van der Waals surface area contributed by atoms with Gasteiger partial charge in [0.15, 0.2) is 0 Å². The van der Waals surface area contributed by atoms with E-state index in [-0.39, 0.29) is 4.99 Å². The average Bonchev–Trinajstić information content (AvgIpc) is 2.38. The van der Waals surface area contributed by atoms with Gasteiger partial charge in [-0.15, -0.1) is 0 Å². The fourth-order valence-corrected chi connectivity index (χ4v) is 1.74. The number of rotatable bonds is 4. The Morgan fingerprint density at radius 1 is 1.28 bits per heavy atom. The lowest BCUT2D eigenvalue weighted by Gasteiger charge is -2.06. The van der Waals surface area contributed by atoms with Crippen LogP contribution < -0.4 is 11.1 Å². The predicted octanol–water partition coefficient (Wildman–Crippen LogP) is 2.49. The van der Waals surface area contributed by atoms with Gasteiger partial charge in [-0.05, 0) is 23.8 Å². The lowest BCUT2D eigenvalue weighted by atomic mass is 10.2. The number of nitrogens with two attached hydrogens (primary N) is 1. The summed E-state index contributed by atoms with van der Waals surface area (Å²) in [5, 5.41) is 3.12. The van der Waals surface area contributed by atoms with Gasteiger partial charge in [-0.1, -0.05) is 40.3 Å². The average molecular weight is 323 g/mol. The van der Waals surface area contributed by atoms with E-state index in [1.807, 2.05) is 24.3 Å². The highest BCUT2D eigenvalue weighted by Crippen LogP contribution is 2.11. The van der Waals surface area contributed by atoms with Crippen LogP contribution >= 0.6 is 28.1 Å². The van der Waals surface area contributed by atoms with Crippen molar-refractivity contribution in [3.63, 3.8) is 0 Å². The molecule has 0 atom stereocenters. The number of nitrogens with zero attached hydrogens (tertiary/aromatic N) is 2. The Labute approximate surface area is 119 Å². The summed E-state index contributed by atoms with van der Waals surface area (Å²) in [6.45, 7) is 0.647. The summed E-state index contributed by atoms with van der Waals surface area (Å²) in [6.07, 6.45) is 1.63. The van der Waals surface area contributed by atoms with Crippen molar-refractivity contribution in [2.75, 3.05) is 5.32 Å². The van der Waals surface area contributed by atoms with Gasteiger partial charge in [0.1, 0.15) is 10.7 Å². The second-order valence-electron chi connectivity index (χ2n) is 3.61. The van der Waals surface area contributed by atoms with E-state index in [1.165, 1.54) is 0 Å². The molecule has 0 saturated carbocycles. The van der Waals surface area contributed by atoms with E-state index < -0.39 is 0 Å². The summed E-state index contributed by atoms with van der Waals surface area (Å²) in [6, 6.07) is 9.71. The van der Waals surface area contributed by atoms with Crippen molar-refractivity contribution < 1.29 is 0 Å². The molecular formula is C12H11BrN4S. The lowest BCUT2D eigenvalue weighted by Crippen LogP contribution is -2.13. The van der Waals surface area contributed by atoms with E-state index in [0.29, 0.717) is 18.2 Å². The zero-order valence-corrected chi connectivity index (χ0v) is 11.8. The van der Waals surface area contributed by atoms with Crippen LogP contribution in [0.2, 0.25) is 0 Å². The van der Waals surface area contributed by atoms with E-state index in [0.717, 1.165) is 10.0 Å². The van der Waals surface area contributed by atoms with Gasteiger partial charge in [-0.3, -0.25) is 0 Å². The molecule has 4 nitrogen and oxygen atoms in total. The zero-order valence-electron chi connectivity index (χ0n) is 9.43. The quantitative estimate of drug-likeness (QED) is 0.847. The molecule has 0 aliphatic rings. The number of anilines is 1. The third-order valence-electron chi connectivity index (χ3n) is 2.27. The Morgan fingerprint density at radius 2 is 2.00 bits per heavy atom. The third kappa shape index (κ3) is 3.48. The summed E-state index contributed by atoms with van der Waals surface area (Å²) in [7, 11) is 0. The molecule has 92 valence electrons. The van der Waals surface area contributed by atoms with Gasteiger partial charge in [0, 0.05) is 17.2 Å². The molecule has 0 bridgehead atoms. The molecule has 2 rings (SSSR count). The van der Waals surface area contributed by atoms with E-state index in [2.05, 4.69) is 31.2 Å². The maximum Gasteiger partial charge on any atom is 0.223 e. The van der Waals surface area contributed by atoms with Crippen molar-refractivity contribution in [2.24, 2.45) is 5.73 Å². The van der Waals surface area contributed by atoms with Crippen LogP contribution in [0.4, 0.5) is 5.95 Å². The Bertz CT molecular complexity index is 556. The number of nitrogens with one attached hydrogen (secondary N) is 1. The van der Waals surface area contributed by atoms with Crippen molar-refractivity contribution in [3.05, 3.63) is 52.3 Å². The highest BCUT2D eigenvalue weighted by molar-refractivity contribution is 9.10. The Morgan fingerprint density at radius 3 is 2.67 bits per heavy atom. The van der Waals surface area contributed by atoms with E-state index in [1.54, 1.807) is 12.3 Å². The number of thiocarbonyl (C=S) groups is 1. The van der Waals surface area contributed by atoms with Crippen molar-refractivity contribution in [2.45, 2.75) is 6.54 Å². The number of hydrogen-bond donors (Lipinski definition) is 2. The highest BCUT2D eigenvalue weighted by atomic mass is 79.9. The molecule has 0 saturated heterocycles. The van der Waals surface area contributed by atoms with Crippen molar-refractivity contribution in [1.29, 1.82) is 0 Å². The van der Waals surface area contributed by atoms with Gasteiger partial charge in [0.25, 0.3) is 0 Å². The van der Waals surface area contributed by atoms with Gasteiger partial charge in [-0.25, -0.2) is 9.97 Å². The summed E-state index contributed by atoms with van der Waals surface area (Å²) >= 11 is 8.26. The standard InChI is InChI=1S/C12H11BrN4S/c13-9-3-1-8(2-4-9)7-16-12-15-6-5-10(17-12)11(14)18/h1-6H,7H2,(H2,14,18)(H,15,16,17). The molecule has 2 aromatic rings. The fraction of sp³-hybridized carbons (Fsp3) is 0.0833. The van der Waals surface area contributed by atoms with E-state index in [9.17, 15) is 0 Å². The predicted molar refractivity (Wildman–Crippen MR) is 79.4 cm³/mol. The summed E-state index contributed by atoms with van der Waals surface area (Å²) in [5.41, 5.74) is 7.22. The topological polar surface area (TPSA) is 63.8 Å².